The lowest BCUT2D eigenvalue weighted by atomic mass is 9.77. The lowest BCUT2D eigenvalue weighted by Gasteiger charge is -2.33. The fourth-order valence-corrected chi connectivity index (χ4v) is 6.87. The van der Waals surface area contributed by atoms with Crippen LogP contribution in [0.2, 0.25) is 0 Å². The van der Waals surface area contributed by atoms with Gasteiger partial charge in [0.25, 0.3) is 5.69 Å². The van der Waals surface area contributed by atoms with Crippen molar-refractivity contribution in [1.29, 1.82) is 0 Å². The SMILES string of the molecule is COc1ccc2c(c1)C(C)(C)/C(=C\C1=C([O-])C(=C\C3=[N+](CCC(C)C)c4cccc([N+](=O)[O-])c4C3(C)C)/C1=O)N2CCC(C)C. The number of methoxy groups -OCH3 is 1. The smallest absolute Gasteiger partial charge is 0.280 e. The molecule has 0 saturated carbocycles. The first-order valence-electron chi connectivity index (χ1n) is 15.9. The molecule has 2 aromatic carbocycles. The molecule has 238 valence electrons. The number of ether oxygens (including phenoxy) is 1. The highest BCUT2D eigenvalue weighted by Gasteiger charge is 2.50. The minimum absolute atomic E-state index is 0.0462. The summed E-state index contributed by atoms with van der Waals surface area (Å²) in [4.78, 5) is 27.7. The van der Waals surface area contributed by atoms with E-state index in [-0.39, 0.29) is 33.3 Å². The summed E-state index contributed by atoms with van der Waals surface area (Å²) in [5.41, 5.74) is 4.28. The first-order chi connectivity index (χ1) is 21.1. The van der Waals surface area contributed by atoms with Crippen LogP contribution in [0.1, 0.15) is 79.4 Å². The van der Waals surface area contributed by atoms with Crippen LogP contribution in [-0.4, -0.2) is 41.2 Å². The van der Waals surface area contributed by atoms with Crippen molar-refractivity contribution in [2.45, 2.75) is 79.1 Å². The number of carbonyl (C=O) groups is 1. The van der Waals surface area contributed by atoms with E-state index in [4.69, 9.17) is 4.74 Å². The summed E-state index contributed by atoms with van der Waals surface area (Å²) < 4.78 is 7.58. The molecule has 0 spiro atoms. The van der Waals surface area contributed by atoms with Gasteiger partial charge in [-0.25, -0.2) is 0 Å². The molecule has 2 heterocycles. The monoisotopic (exact) mass is 611 g/mol. The molecule has 45 heavy (non-hydrogen) atoms. The largest absolute Gasteiger partial charge is 0.871 e. The van der Waals surface area contributed by atoms with Crippen molar-refractivity contribution in [3.8, 4) is 5.75 Å². The Morgan fingerprint density at radius 1 is 1.00 bits per heavy atom. The number of hydrogen-bond acceptors (Lipinski definition) is 6. The third kappa shape index (κ3) is 5.38. The molecule has 0 fully saturated rings. The van der Waals surface area contributed by atoms with Gasteiger partial charge in [0.15, 0.2) is 11.5 Å². The molecular weight excluding hydrogens is 566 g/mol. The number of allylic oxidation sites excluding steroid dienone is 5. The minimum Gasteiger partial charge on any atom is -0.871 e. The third-order valence-corrected chi connectivity index (χ3v) is 9.56. The lowest BCUT2D eigenvalue weighted by Crippen LogP contribution is -2.35. The fourth-order valence-electron chi connectivity index (χ4n) is 6.87. The second-order valence-corrected chi connectivity index (χ2v) is 14.3. The van der Waals surface area contributed by atoms with E-state index in [1.165, 1.54) is 6.07 Å². The minimum atomic E-state index is -0.778. The van der Waals surface area contributed by atoms with E-state index in [2.05, 4.69) is 57.1 Å². The van der Waals surface area contributed by atoms with Crippen LogP contribution >= 0.6 is 0 Å². The van der Waals surface area contributed by atoms with E-state index < -0.39 is 10.8 Å². The molecule has 5 rings (SSSR count). The predicted octanol–water partition coefficient (Wildman–Crippen LogP) is 6.88. The van der Waals surface area contributed by atoms with Gasteiger partial charge in [-0.3, -0.25) is 14.9 Å². The van der Waals surface area contributed by atoms with Crippen LogP contribution in [0.15, 0.2) is 71.2 Å². The van der Waals surface area contributed by atoms with E-state index in [1.807, 2.05) is 32.0 Å². The normalized spacial score (nSPS) is 20.1. The lowest BCUT2D eigenvalue weighted by molar-refractivity contribution is -0.440. The second-order valence-electron chi connectivity index (χ2n) is 14.3. The first kappa shape index (κ1) is 32.2. The topological polar surface area (TPSA) is 98.7 Å². The average Bonchev–Trinajstić information content (AvgIpc) is 3.33. The summed E-state index contributed by atoms with van der Waals surface area (Å²) in [6.07, 6.45) is 5.28. The van der Waals surface area contributed by atoms with Gasteiger partial charge in [0.05, 0.1) is 17.4 Å². The summed E-state index contributed by atoms with van der Waals surface area (Å²) >= 11 is 0. The average molecular weight is 612 g/mol. The zero-order chi connectivity index (χ0) is 33.0. The second kappa shape index (κ2) is 11.6. The number of hydrogen-bond donors (Lipinski definition) is 0. The van der Waals surface area contributed by atoms with E-state index in [1.54, 1.807) is 25.3 Å². The van der Waals surface area contributed by atoms with Crippen molar-refractivity contribution in [3.05, 3.63) is 92.4 Å². The van der Waals surface area contributed by atoms with Crippen molar-refractivity contribution >= 4 is 28.6 Å². The molecule has 1 aliphatic carbocycles. The maximum Gasteiger partial charge on any atom is 0.280 e. The third-order valence-electron chi connectivity index (χ3n) is 9.56. The maximum atomic E-state index is 13.8. The Kier molecular flexibility index (Phi) is 8.32. The fraction of sp³-hybridized carbons (Fsp3) is 0.459. The van der Waals surface area contributed by atoms with E-state index >= 15 is 0 Å². The molecule has 8 heteroatoms. The molecule has 8 nitrogen and oxygen atoms in total. The Morgan fingerprint density at radius 2 is 1.69 bits per heavy atom. The summed E-state index contributed by atoms with van der Waals surface area (Å²) in [6, 6.07) is 11.2. The van der Waals surface area contributed by atoms with Crippen LogP contribution < -0.4 is 14.7 Å². The molecule has 0 atom stereocenters. The van der Waals surface area contributed by atoms with Gasteiger partial charge in [0.2, 0.25) is 5.69 Å². The van der Waals surface area contributed by atoms with Crippen molar-refractivity contribution in [3.63, 3.8) is 0 Å². The van der Waals surface area contributed by atoms with Crippen molar-refractivity contribution in [2.75, 3.05) is 25.1 Å². The molecule has 0 aromatic heterocycles. The Hall–Kier alpha value is -4.20. The molecule has 2 aromatic rings. The molecule has 0 saturated heterocycles. The standard InChI is InChI=1S/C37H45N3O5/c1-22(2)15-17-38-28-14-13-24(45-9)19-27(28)36(5,6)31(38)20-25-34(41)26(35(25)42)21-32-37(7,8)33-29(39(32)18-16-23(3)4)11-10-12-30(33)40(43)44/h10-14,19-23H,15-18H2,1-9H3. The number of carbonyl (C=O) groups excluding carboxylic acids is 1. The number of nitro benzene ring substituents is 1. The zero-order valence-corrected chi connectivity index (χ0v) is 28.0. The summed E-state index contributed by atoms with van der Waals surface area (Å²) in [5, 5.41) is 25.8. The predicted molar refractivity (Wildman–Crippen MR) is 176 cm³/mol. The Balaban J connectivity index is 1.61. The quantitative estimate of drug-likeness (QED) is 0.126. The molecule has 0 amide bonds. The number of nitro groups is 1. The van der Waals surface area contributed by atoms with Gasteiger partial charge >= 0.3 is 0 Å². The Morgan fingerprint density at radius 3 is 2.29 bits per heavy atom. The van der Waals surface area contributed by atoms with Crippen LogP contribution in [0, 0.1) is 22.0 Å². The highest BCUT2D eigenvalue weighted by atomic mass is 16.6. The molecule has 3 aliphatic rings. The summed E-state index contributed by atoms with van der Waals surface area (Å²) in [6.45, 7) is 18.1. The first-order valence-corrected chi connectivity index (χ1v) is 15.9. The maximum absolute atomic E-state index is 13.8. The highest BCUT2D eigenvalue weighted by molar-refractivity contribution is 6.24. The molecule has 0 unspecified atom stereocenters. The van der Waals surface area contributed by atoms with E-state index in [0.717, 1.165) is 53.5 Å². The van der Waals surface area contributed by atoms with Gasteiger partial charge in [0, 0.05) is 59.1 Å². The molecule has 0 bridgehead atoms. The van der Waals surface area contributed by atoms with Gasteiger partial charge in [-0.05, 0) is 68.0 Å². The Labute approximate surface area is 266 Å². The number of ketones is 1. The van der Waals surface area contributed by atoms with E-state index in [9.17, 15) is 20.0 Å². The number of benzene rings is 2. The van der Waals surface area contributed by atoms with Crippen LogP contribution in [0.5, 0.6) is 5.75 Å². The molecular formula is C37H45N3O5. The van der Waals surface area contributed by atoms with Gasteiger partial charge < -0.3 is 14.7 Å². The summed E-state index contributed by atoms with van der Waals surface area (Å²) in [5.74, 6) is 1.06. The van der Waals surface area contributed by atoms with Crippen LogP contribution in [-0.2, 0) is 15.6 Å². The van der Waals surface area contributed by atoms with Crippen LogP contribution in [0.4, 0.5) is 17.1 Å². The Bertz CT molecular complexity index is 1700. The molecule has 0 radical (unpaired) electrons. The highest BCUT2D eigenvalue weighted by Crippen LogP contribution is 2.51. The van der Waals surface area contributed by atoms with Crippen LogP contribution in [0.25, 0.3) is 0 Å². The molecule has 0 N–H and O–H groups in total. The van der Waals surface area contributed by atoms with Crippen molar-refractivity contribution in [1.82, 2.24) is 0 Å². The van der Waals surface area contributed by atoms with Gasteiger partial charge in [-0.1, -0.05) is 47.3 Å². The number of fused-ring (bicyclic) bond motifs is 2. The summed E-state index contributed by atoms with van der Waals surface area (Å²) in [7, 11) is 1.65. The van der Waals surface area contributed by atoms with Gasteiger partial charge in [-0.2, -0.15) is 4.58 Å². The molecule has 2 aliphatic heterocycles. The van der Waals surface area contributed by atoms with Gasteiger partial charge in [0.1, 0.15) is 17.9 Å². The van der Waals surface area contributed by atoms with Gasteiger partial charge in [-0.15, -0.1) is 0 Å². The number of Topliss-reactive ketones (excluding diaryl/α,β-unsaturated/α-hetero) is 1. The van der Waals surface area contributed by atoms with Crippen molar-refractivity contribution < 1.29 is 24.1 Å². The number of nitrogens with zero attached hydrogens (tertiary/aromatic N) is 3. The number of rotatable bonds is 10. The zero-order valence-electron chi connectivity index (χ0n) is 28.0. The van der Waals surface area contributed by atoms with Crippen LogP contribution in [0.3, 0.4) is 0 Å². The van der Waals surface area contributed by atoms with E-state index in [0.29, 0.717) is 23.9 Å². The van der Waals surface area contributed by atoms with Crippen molar-refractivity contribution in [2.24, 2.45) is 11.8 Å². The number of anilines is 1.